The lowest BCUT2D eigenvalue weighted by molar-refractivity contribution is 0.238. The van der Waals surface area contributed by atoms with E-state index in [2.05, 4.69) is 51.1 Å². The van der Waals surface area contributed by atoms with E-state index in [9.17, 15) is 0 Å². The van der Waals surface area contributed by atoms with Gasteiger partial charge in [0.2, 0.25) is 0 Å². The van der Waals surface area contributed by atoms with Gasteiger partial charge < -0.3 is 4.43 Å². The minimum Gasteiger partial charge on any atom is -0.407 e. The summed E-state index contributed by atoms with van der Waals surface area (Å²) < 4.78 is 6.57. The zero-order valence-electron chi connectivity index (χ0n) is 12.2. The molecule has 106 valence electrons. The highest BCUT2D eigenvalue weighted by Gasteiger charge is 2.31. The third-order valence-corrected chi connectivity index (χ3v) is 8.64. The van der Waals surface area contributed by atoms with Crippen LogP contribution in [0.15, 0.2) is 42.5 Å². The van der Waals surface area contributed by atoms with Crippen molar-refractivity contribution in [2.24, 2.45) is 0 Å². The molecule has 0 spiro atoms. The van der Waals surface area contributed by atoms with Crippen LogP contribution < -0.4 is 0 Å². The van der Waals surface area contributed by atoms with Crippen LogP contribution in [0.5, 0.6) is 0 Å². The van der Waals surface area contributed by atoms with Gasteiger partial charge in [-0.2, -0.15) is 0 Å². The van der Waals surface area contributed by atoms with Crippen LogP contribution in [-0.4, -0.2) is 14.2 Å². The minimum absolute atomic E-state index is 0.0477. The van der Waals surface area contributed by atoms with Crippen molar-refractivity contribution in [3.05, 3.63) is 48.0 Å². The summed E-state index contributed by atoms with van der Waals surface area (Å²) in [6.07, 6.45) is 4.14. The predicted octanol–water partition coefficient (Wildman–Crippen LogP) is 5.54. The van der Waals surface area contributed by atoms with E-state index < -0.39 is 8.32 Å². The van der Waals surface area contributed by atoms with E-state index in [1.807, 2.05) is 12.1 Å². The summed E-state index contributed by atoms with van der Waals surface area (Å²) >= 11 is 5.77. The van der Waals surface area contributed by atoms with E-state index >= 15 is 0 Å². The third kappa shape index (κ3) is 4.79. The first-order valence-electron chi connectivity index (χ1n) is 7.16. The Balaban J connectivity index is 2.95. The van der Waals surface area contributed by atoms with Crippen LogP contribution >= 0.6 is 11.6 Å². The van der Waals surface area contributed by atoms with E-state index in [1.54, 1.807) is 0 Å². The molecular weight excluding hydrogens is 272 g/mol. The Kier molecular flexibility index (Phi) is 7.43. The van der Waals surface area contributed by atoms with Crippen molar-refractivity contribution in [2.75, 3.05) is 5.88 Å². The number of allylic oxidation sites excluding steroid dienone is 1. The van der Waals surface area contributed by atoms with Crippen LogP contribution in [0.3, 0.4) is 0 Å². The Bertz CT molecular complexity index is 365. The van der Waals surface area contributed by atoms with E-state index in [4.69, 9.17) is 16.0 Å². The maximum atomic E-state index is 6.57. The number of benzene rings is 1. The normalized spacial score (nSPS) is 13.9. The summed E-state index contributed by atoms with van der Waals surface area (Å²) in [6, 6.07) is 13.9. The number of halogens is 1. The molecule has 0 saturated carbocycles. The number of hydrogen-bond donors (Lipinski definition) is 0. The molecule has 0 amide bonds. The summed E-state index contributed by atoms with van der Waals surface area (Å²) in [5.74, 6) is 0.533. The molecular formula is C16H25ClOSi. The molecule has 0 radical (unpaired) electrons. The lowest BCUT2D eigenvalue weighted by atomic mass is 10.1. The summed E-state index contributed by atoms with van der Waals surface area (Å²) in [4.78, 5) is 0. The van der Waals surface area contributed by atoms with Crippen molar-refractivity contribution >= 4 is 19.9 Å². The molecule has 3 heteroatoms. The average molecular weight is 297 g/mol. The SMILES string of the molecule is CC[Si](CC)(CC)OC(/C=C/CCl)c1ccccc1. The first-order chi connectivity index (χ1) is 9.21. The smallest absolute Gasteiger partial charge is 0.193 e. The number of rotatable bonds is 8. The molecule has 0 bridgehead atoms. The molecule has 1 aromatic carbocycles. The van der Waals surface area contributed by atoms with E-state index in [-0.39, 0.29) is 6.10 Å². The van der Waals surface area contributed by atoms with Crippen molar-refractivity contribution in [3.63, 3.8) is 0 Å². The molecule has 1 atom stereocenters. The highest BCUT2D eigenvalue weighted by atomic mass is 35.5. The lowest BCUT2D eigenvalue weighted by Gasteiger charge is -2.32. The van der Waals surface area contributed by atoms with Crippen molar-refractivity contribution < 1.29 is 4.43 Å². The Morgan fingerprint density at radius 1 is 1.11 bits per heavy atom. The van der Waals surface area contributed by atoms with Gasteiger partial charge in [-0.3, -0.25) is 0 Å². The van der Waals surface area contributed by atoms with Gasteiger partial charge in [0.15, 0.2) is 8.32 Å². The van der Waals surface area contributed by atoms with Gasteiger partial charge in [0.25, 0.3) is 0 Å². The summed E-state index contributed by atoms with van der Waals surface area (Å²) in [6.45, 7) is 6.77. The Hall–Kier alpha value is -0.573. The largest absolute Gasteiger partial charge is 0.407 e. The van der Waals surface area contributed by atoms with Gasteiger partial charge in [-0.25, -0.2) is 0 Å². The fraction of sp³-hybridized carbons (Fsp3) is 0.500. The molecule has 1 rings (SSSR count). The first-order valence-corrected chi connectivity index (χ1v) is 10.2. The zero-order valence-corrected chi connectivity index (χ0v) is 14.0. The standard InChI is InChI=1S/C16H25ClOSi/c1-4-19(5-2,6-3)18-16(13-10-14-17)15-11-8-7-9-12-15/h7-13,16H,4-6,14H2,1-3H3/b13-10+. The van der Waals surface area contributed by atoms with Crippen molar-refractivity contribution in [1.82, 2.24) is 0 Å². The maximum Gasteiger partial charge on any atom is 0.193 e. The monoisotopic (exact) mass is 296 g/mol. The van der Waals surface area contributed by atoms with Crippen molar-refractivity contribution in [1.29, 1.82) is 0 Å². The minimum atomic E-state index is -1.61. The van der Waals surface area contributed by atoms with E-state index in [1.165, 1.54) is 5.56 Å². The van der Waals surface area contributed by atoms with Crippen LogP contribution in [0.25, 0.3) is 0 Å². The zero-order chi connectivity index (χ0) is 14.1. The highest BCUT2D eigenvalue weighted by Crippen LogP contribution is 2.30. The summed E-state index contributed by atoms with van der Waals surface area (Å²) in [7, 11) is -1.61. The molecule has 0 aliphatic rings. The summed E-state index contributed by atoms with van der Waals surface area (Å²) in [5.41, 5.74) is 1.22. The molecule has 0 aromatic heterocycles. The topological polar surface area (TPSA) is 9.23 Å². The van der Waals surface area contributed by atoms with Crippen LogP contribution in [-0.2, 0) is 4.43 Å². The molecule has 1 unspecified atom stereocenters. The quantitative estimate of drug-likeness (QED) is 0.347. The molecule has 1 aromatic rings. The molecule has 0 aliphatic heterocycles. The van der Waals surface area contributed by atoms with Gasteiger partial charge in [0.05, 0.1) is 6.10 Å². The Morgan fingerprint density at radius 2 is 1.68 bits per heavy atom. The van der Waals surface area contributed by atoms with E-state index in [0.717, 1.165) is 18.1 Å². The second-order valence-corrected chi connectivity index (χ2v) is 9.81. The maximum absolute atomic E-state index is 6.57. The second kappa shape index (κ2) is 8.57. The Morgan fingerprint density at radius 3 is 2.16 bits per heavy atom. The lowest BCUT2D eigenvalue weighted by Crippen LogP contribution is -2.36. The van der Waals surface area contributed by atoms with Crippen LogP contribution in [0.4, 0.5) is 0 Å². The van der Waals surface area contributed by atoms with E-state index in [0.29, 0.717) is 5.88 Å². The van der Waals surface area contributed by atoms with Gasteiger partial charge >= 0.3 is 0 Å². The fourth-order valence-corrected chi connectivity index (χ4v) is 5.16. The van der Waals surface area contributed by atoms with Crippen LogP contribution in [0.1, 0.15) is 32.4 Å². The van der Waals surface area contributed by atoms with Gasteiger partial charge in [-0.05, 0) is 23.7 Å². The van der Waals surface area contributed by atoms with Gasteiger partial charge in [0.1, 0.15) is 0 Å². The van der Waals surface area contributed by atoms with Crippen LogP contribution in [0, 0.1) is 0 Å². The second-order valence-electron chi connectivity index (χ2n) is 4.78. The van der Waals surface area contributed by atoms with Gasteiger partial charge in [-0.1, -0.05) is 63.3 Å². The molecule has 0 heterocycles. The number of hydrogen-bond acceptors (Lipinski definition) is 1. The first kappa shape index (κ1) is 16.5. The third-order valence-electron chi connectivity index (χ3n) is 3.84. The predicted molar refractivity (Wildman–Crippen MR) is 87.3 cm³/mol. The Labute approximate surface area is 123 Å². The fourth-order valence-electron chi connectivity index (χ4n) is 2.31. The van der Waals surface area contributed by atoms with Crippen molar-refractivity contribution in [3.8, 4) is 0 Å². The molecule has 19 heavy (non-hydrogen) atoms. The molecule has 0 N–H and O–H groups in total. The van der Waals surface area contributed by atoms with Crippen molar-refractivity contribution in [2.45, 2.75) is 45.0 Å². The van der Waals surface area contributed by atoms with Gasteiger partial charge in [0, 0.05) is 5.88 Å². The molecule has 1 nitrogen and oxygen atoms in total. The molecule has 0 aliphatic carbocycles. The van der Waals surface area contributed by atoms with Crippen LogP contribution in [0.2, 0.25) is 18.1 Å². The molecule has 0 saturated heterocycles. The average Bonchev–Trinajstić information content (AvgIpc) is 2.49. The van der Waals surface area contributed by atoms with Gasteiger partial charge in [-0.15, -0.1) is 11.6 Å². The molecule has 0 fully saturated rings. The number of alkyl halides is 1. The highest BCUT2D eigenvalue weighted by molar-refractivity contribution is 6.73. The summed E-state index contributed by atoms with van der Waals surface area (Å²) in [5, 5.41) is 0.